The Labute approximate surface area is 97.4 Å². The highest BCUT2D eigenvalue weighted by molar-refractivity contribution is 9.10. The van der Waals surface area contributed by atoms with E-state index in [4.69, 9.17) is 6.42 Å². The molecule has 1 aromatic rings. The Hall–Kier alpha value is -1.27. The van der Waals surface area contributed by atoms with Crippen LogP contribution in [0.3, 0.4) is 0 Å². The van der Waals surface area contributed by atoms with E-state index in [9.17, 15) is 4.79 Å². The third kappa shape index (κ3) is 1.91. The molecule has 0 spiro atoms. The van der Waals surface area contributed by atoms with E-state index in [2.05, 4.69) is 21.9 Å². The quantitative estimate of drug-likeness (QED) is 0.713. The van der Waals surface area contributed by atoms with E-state index >= 15 is 0 Å². The maximum absolute atomic E-state index is 11.7. The average molecular weight is 264 g/mol. The largest absolute Gasteiger partial charge is 0.301 e. The highest BCUT2D eigenvalue weighted by Gasteiger charge is 2.22. The van der Waals surface area contributed by atoms with Gasteiger partial charge in [-0.15, -0.1) is 6.42 Å². The molecule has 1 aromatic carbocycles. The molecule has 0 N–H and O–H groups in total. The summed E-state index contributed by atoms with van der Waals surface area (Å²) in [5.41, 5.74) is 2.13. The van der Waals surface area contributed by atoms with Gasteiger partial charge in [-0.3, -0.25) is 4.79 Å². The fourth-order valence-corrected chi connectivity index (χ4v) is 2.20. The summed E-state index contributed by atoms with van der Waals surface area (Å²) in [5, 5.41) is 0. The van der Waals surface area contributed by atoms with Gasteiger partial charge in [0.25, 0.3) is 0 Å². The first kappa shape index (κ1) is 10.3. The van der Waals surface area contributed by atoms with Crippen molar-refractivity contribution in [1.82, 2.24) is 0 Å². The summed E-state index contributed by atoms with van der Waals surface area (Å²) >= 11 is 3.42. The summed E-state index contributed by atoms with van der Waals surface area (Å²) in [6.07, 6.45) is 6.60. The number of amides is 1. The minimum Gasteiger partial charge on any atom is -0.301 e. The third-order valence-electron chi connectivity index (χ3n) is 2.49. The van der Waals surface area contributed by atoms with Gasteiger partial charge >= 0.3 is 0 Å². The minimum atomic E-state index is 0.114. The lowest BCUT2D eigenvalue weighted by atomic mass is 10.0. The van der Waals surface area contributed by atoms with E-state index in [0.29, 0.717) is 13.0 Å². The van der Waals surface area contributed by atoms with Crippen molar-refractivity contribution >= 4 is 27.5 Å². The highest BCUT2D eigenvalue weighted by Crippen LogP contribution is 2.29. The van der Waals surface area contributed by atoms with Crippen molar-refractivity contribution < 1.29 is 4.79 Å². The number of hydrogen-bond donors (Lipinski definition) is 0. The molecule has 15 heavy (non-hydrogen) atoms. The molecule has 1 aliphatic rings. The van der Waals surface area contributed by atoms with Crippen LogP contribution < -0.4 is 4.90 Å². The molecule has 1 amide bonds. The standard InChI is InChI=1S/C12H10BrNO/c1-2-7-14-11-5-4-10(13)8-9(11)3-6-12(14)15/h1,4-5,8H,3,6-7H2. The summed E-state index contributed by atoms with van der Waals surface area (Å²) < 4.78 is 1.04. The van der Waals surface area contributed by atoms with Crippen molar-refractivity contribution in [2.45, 2.75) is 12.8 Å². The zero-order valence-corrected chi connectivity index (χ0v) is 9.75. The first-order valence-corrected chi connectivity index (χ1v) is 5.54. The van der Waals surface area contributed by atoms with Crippen molar-refractivity contribution in [3.05, 3.63) is 28.2 Å². The normalized spacial score (nSPS) is 14.7. The van der Waals surface area contributed by atoms with Gasteiger partial charge in [0.2, 0.25) is 5.91 Å². The Morgan fingerprint density at radius 1 is 1.47 bits per heavy atom. The second kappa shape index (κ2) is 4.08. The molecule has 0 unspecified atom stereocenters. The SMILES string of the molecule is C#CCN1C(=O)CCc2cc(Br)ccc21. The highest BCUT2D eigenvalue weighted by atomic mass is 79.9. The van der Waals surface area contributed by atoms with Gasteiger partial charge in [-0.05, 0) is 30.2 Å². The van der Waals surface area contributed by atoms with E-state index in [-0.39, 0.29) is 5.91 Å². The van der Waals surface area contributed by atoms with Gasteiger partial charge in [0.05, 0.1) is 6.54 Å². The predicted octanol–water partition coefficient (Wildman–Crippen LogP) is 2.36. The van der Waals surface area contributed by atoms with Crippen LogP contribution in [0.25, 0.3) is 0 Å². The van der Waals surface area contributed by atoms with Crippen LogP contribution in [0.4, 0.5) is 5.69 Å². The van der Waals surface area contributed by atoms with Crippen molar-refractivity contribution in [2.24, 2.45) is 0 Å². The van der Waals surface area contributed by atoms with Crippen LogP contribution in [-0.4, -0.2) is 12.5 Å². The topological polar surface area (TPSA) is 20.3 Å². The molecule has 1 aliphatic heterocycles. The van der Waals surface area contributed by atoms with Gasteiger partial charge in [0, 0.05) is 16.6 Å². The molecular formula is C12H10BrNO. The molecule has 0 radical (unpaired) electrons. The number of carbonyl (C=O) groups excluding carboxylic acids is 1. The molecule has 1 heterocycles. The van der Waals surface area contributed by atoms with Crippen LogP contribution in [0.5, 0.6) is 0 Å². The molecule has 0 saturated heterocycles. The van der Waals surface area contributed by atoms with Gasteiger partial charge in [-0.1, -0.05) is 21.9 Å². The summed E-state index contributed by atoms with van der Waals surface area (Å²) in [5.74, 6) is 2.63. The zero-order valence-electron chi connectivity index (χ0n) is 8.16. The second-order valence-corrected chi connectivity index (χ2v) is 4.37. The number of fused-ring (bicyclic) bond motifs is 1. The lowest BCUT2D eigenvalue weighted by Crippen LogP contribution is -2.35. The van der Waals surface area contributed by atoms with Crippen LogP contribution in [0.15, 0.2) is 22.7 Å². The fourth-order valence-electron chi connectivity index (χ4n) is 1.79. The van der Waals surface area contributed by atoms with Crippen molar-refractivity contribution in [3.8, 4) is 12.3 Å². The van der Waals surface area contributed by atoms with Crippen LogP contribution in [0.2, 0.25) is 0 Å². The smallest absolute Gasteiger partial charge is 0.228 e. The van der Waals surface area contributed by atoms with E-state index in [1.54, 1.807) is 4.90 Å². The van der Waals surface area contributed by atoms with Gasteiger partial charge < -0.3 is 4.90 Å². The number of carbonyl (C=O) groups is 1. The molecule has 2 nitrogen and oxygen atoms in total. The Balaban J connectivity index is 2.44. The number of nitrogens with zero attached hydrogens (tertiary/aromatic N) is 1. The second-order valence-electron chi connectivity index (χ2n) is 3.46. The third-order valence-corrected chi connectivity index (χ3v) is 2.98. The molecule has 0 fully saturated rings. The van der Waals surface area contributed by atoms with Gasteiger partial charge in [-0.2, -0.15) is 0 Å². The molecule has 76 valence electrons. The van der Waals surface area contributed by atoms with Gasteiger partial charge in [-0.25, -0.2) is 0 Å². The molecular weight excluding hydrogens is 254 g/mol. The Bertz CT molecular complexity index is 447. The predicted molar refractivity (Wildman–Crippen MR) is 63.6 cm³/mol. The Morgan fingerprint density at radius 3 is 3.00 bits per heavy atom. The van der Waals surface area contributed by atoms with E-state index in [1.165, 1.54) is 5.56 Å². The lowest BCUT2D eigenvalue weighted by Gasteiger charge is -2.27. The molecule has 0 saturated carbocycles. The molecule has 0 aromatic heterocycles. The fraction of sp³-hybridized carbons (Fsp3) is 0.250. The first-order chi connectivity index (χ1) is 7.22. The number of hydrogen-bond acceptors (Lipinski definition) is 1. The Kier molecular flexibility index (Phi) is 2.79. The summed E-state index contributed by atoms with van der Waals surface area (Å²) in [6.45, 7) is 0.355. The van der Waals surface area contributed by atoms with Crippen LogP contribution in [0.1, 0.15) is 12.0 Å². The van der Waals surface area contributed by atoms with Crippen LogP contribution >= 0.6 is 15.9 Å². The number of halogens is 1. The summed E-state index contributed by atoms with van der Waals surface area (Å²) in [4.78, 5) is 13.3. The van der Waals surface area contributed by atoms with Crippen molar-refractivity contribution in [1.29, 1.82) is 0 Å². The van der Waals surface area contributed by atoms with Crippen LogP contribution in [-0.2, 0) is 11.2 Å². The summed E-state index contributed by atoms with van der Waals surface area (Å²) in [6, 6.07) is 5.92. The lowest BCUT2D eigenvalue weighted by molar-refractivity contribution is -0.118. The Morgan fingerprint density at radius 2 is 2.27 bits per heavy atom. The molecule has 3 heteroatoms. The monoisotopic (exact) mass is 263 g/mol. The number of aryl methyl sites for hydroxylation is 1. The summed E-state index contributed by atoms with van der Waals surface area (Å²) in [7, 11) is 0. The number of terminal acetylenes is 1. The van der Waals surface area contributed by atoms with Crippen molar-refractivity contribution in [3.63, 3.8) is 0 Å². The zero-order chi connectivity index (χ0) is 10.8. The number of benzene rings is 1. The maximum Gasteiger partial charge on any atom is 0.228 e. The van der Waals surface area contributed by atoms with E-state index < -0.39 is 0 Å². The van der Waals surface area contributed by atoms with Gasteiger partial charge in [0.1, 0.15) is 0 Å². The molecule has 0 aliphatic carbocycles. The number of rotatable bonds is 1. The van der Waals surface area contributed by atoms with Crippen molar-refractivity contribution in [2.75, 3.05) is 11.4 Å². The average Bonchev–Trinajstić information content (AvgIpc) is 2.22. The van der Waals surface area contributed by atoms with E-state index in [1.807, 2.05) is 18.2 Å². The van der Waals surface area contributed by atoms with Crippen LogP contribution in [0, 0.1) is 12.3 Å². The van der Waals surface area contributed by atoms with Gasteiger partial charge in [0.15, 0.2) is 0 Å². The number of anilines is 1. The maximum atomic E-state index is 11.7. The molecule has 0 bridgehead atoms. The van der Waals surface area contributed by atoms with E-state index in [0.717, 1.165) is 16.6 Å². The molecule has 0 atom stereocenters. The first-order valence-electron chi connectivity index (χ1n) is 4.74. The minimum absolute atomic E-state index is 0.114. The molecule has 2 rings (SSSR count).